The van der Waals surface area contributed by atoms with Crippen LogP contribution in [0.2, 0.25) is 0 Å². The second-order valence-electron chi connectivity index (χ2n) is 3.84. The predicted octanol–water partition coefficient (Wildman–Crippen LogP) is -3.28. The largest absolute Gasteiger partial charge is 0.481 e. The summed E-state index contributed by atoms with van der Waals surface area (Å²) in [4.78, 5) is 29.6. The van der Waals surface area contributed by atoms with Crippen LogP contribution in [0.1, 0.15) is 6.42 Å². The number of carboxylic acid groups (broad SMARTS) is 2. The molecule has 10 nitrogen and oxygen atoms in total. The van der Waals surface area contributed by atoms with Crippen molar-refractivity contribution in [3.05, 3.63) is 12.2 Å². The third kappa shape index (κ3) is 9.65. The number of aliphatic hydroxyl groups is 5. The van der Waals surface area contributed by atoms with Crippen LogP contribution in [0.5, 0.6) is 0 Å². The van der Waals surface area contributed by atoms with Crippen molar-refractivity contribution in [3.8, 4) is 0 Å². The van der Waals surface area contributed by atoms with Gasteiger partial charge in [-0.2, -0.15) is 0 Å². The van der Waals surface area contributed by atoms with Crippen LogP contribution in [0.4, 0.5) is 0 Å². The summed E-state index contributed by atoms with van der Waals surface area (Å²) >= 11 is 0. The SMILES string of the molecule is C=C(CC(=O)O)C(=O)O.O=CC(O)C(O)C(O)C(O)CO. The molecule has 0 aromatic heterocycles. The van der Waals surface area contributed by atoms with Gasteiger partial charge in [0, 0.05) is 5.57 Å². The first-order chi connectivity index (χ1) is 9.58. The van der Waals surface area contributed by atoms with Gasteiger partial charge in [-0.15, -0.1) is 0 Å². The lowest BCUT2D eigenvalue weighted by atomic mass is 10.0. The molecule has 0 rings (SSSR count). The van der Waals surface area contributed by atoms with Crippen molar-refractivity contribution in [1.82, 2.24) is 0 Å². The predicted molar refractivity (Wildman–Crippen MR) is 66.2 cm³/mol. The Morgan fingerprint density at radius 2 is 1.52 bits per heavy atom. The molecule has 0 aliphatic rings. The molecule has 0 saturated carbocycles. The number of carboxylic acids is 2. The third-order valence-corrected chi connectivity index (χ3v) is 2.09. The van der Waals surface area contributed by atoms with Crippen molar-refractivity contribution in [2.45, 2.75) is 30.8 Å². The van der Waals surface area contributed by atoms with Crippen molar-refractivity contribution >= 4 is 18.2 Å². The number of carbonyl (C=O) groups is 3. The van der Waals surface area contributed by atoms with Gasteiger partial charge in [-0.1, -0.05) is 6.58 Å². The number of rotatable bonds is 8. The molecule has 10 heteroatoms. The number of aldehydes is 1. The maximum absolute atomic E-state index is 9.90. The molecule has 0 aromatic rings. The second-order valence-corrected chi connectivity index (χ2v) is 3.84. The zero-order valence-corrected chi connectivity index (χ0v) is 10.9. The van der Waals surface area contributed by atoms with E-state index in [0.717, 1.165) is 0 Å². The van der Waals surface area contributed by atoms with Crippen LogP contribution in [0.15, 0.2) is 12.2 Å². The van der Waals surface area contributed by atoms with Crippen LogP contribution in [0, 0.1) is 0 Å². The molecule has 0 amide bonds. The average molecular weight is 310 g/mol. The van der Waals surface area contributed by atoms with E-state index in [9.17, 15) is 14.4 Å². The van der Waals surface area contributed by atoms with Crippen LogP contribution in [-0.2, 0) is 14.4 Å². The molecule has 0 fully saturated rings. The van der Waals surface area contributed by atoms with Gasteiger partial charge in [0.2, 0.25) is 0 Å². The minimum absolute atomic E-state index is 0.0258. The fourth-order valence-corrected chi connectivity index (χ4v) is 0.876. The minimum Gasteiger partial charge on any atom is -0.481 e. The normalized spacial score (nSPS) is 15.7. The quantitative estimate of drug-likeness (QED) is 0.176. The van der Waals surface area contributed by atoms with E-state index in [-0.39, 0.29) is 11.9 Å². The Morgan fingerprint density at radius 3 is 1.76 bits per heavy atom. The van der Waals surface area contributed by atoms with Crippen LogP contribution in [0.3, 0.4) is 0 Å². The summed E-state index contributed by atoms with van der Waals surface area (Å²) in [5, 5.41) is 59.6. The number of aliphatic carboxylic acids is 2. The van der Waals surface area contributed by atoms with Gasteiger partial charge < -0.3 is 40.5 Å². The first-order valence-electron chi connectivity index (χ1n) is 5.49. The lowest BCUT2D eigenvalue weighted by molar-refractivity contribution is -0.139. The maximum atomic E-state index is 9.90. The van der Waals surface area contributed by atoms with E-state index in [1.165, 1.54) is 0 Å². The molecule has 7 N–H and O–H groups in total. The second kappa shape index (κ2) is 10.9. The highest BCUT2D eigenvalue weighted by Crippen LogP contribution is 2.02. The van der Waals surface area contributed by atoms with Gasteiger partial charge in [0.05, 0.1) is 13.0 Å². The third-order valence-electron chi connectivity index (χ3n) is 2.09. The zero-order valence-electron chi connectivity index (χ0n) is 10.9. The van der Waals surface area contributed by atoms with Crippen molar-refractivity contribution in [2.24, 2.45) is 0 Å². The lowest BCUT2D eigenvalue weighted by Gasteiger charge is -2.22. The number of hydrogen-bond donors (Lipinski definition) is 7. The van der Waals surface area contributed by atoms with E-state index in [0.29, 0.717) is 0 Å². The van der Waals surface area contributed by atoms with E-state index in [1.807, 2.05) is 0 Å². The number of hydrogen-bond acceptors (Lipinski definition) is 8. The molecule has 0 bridgehead atoms. The molecule has 4 atom stereocenters. The first-order valence-corrected chi connectivity index (χ1v) is 5.49. The number of aliphatic hydroxyl groups excluding tert-OH is 5. The Kier molecular flexibility index (Phi) is 11.1. The number of carbonyl (C=O) groups excluding carboxylic acids is 1. The van der Waals surface area contributed by atoms with Crippen LogP contribution < -0.4 is 0 Å². The van der Waals surface area contributed by atoms with E-state index >= 15 is 0 Å². The van der Waals surface area contributed by atoms with Gasteiger partial charge in [0.1, 0.15) is 24.4 Å². The summed E-state index contributed by atoms with van der Waals surface area (Å²) < 4.78 is 0. The fourth-order valence-electron chi connectivity index (χ4n) is 0.876. The highest BCUT2D eigenvalue weighted by atomic mass is 16.4. The van der Waals surface area contributed by atoms with Gasteiger partial charge in [0.15, 0.2) is 6.29 Å². The van der Waals surface area contributed by atoms with Crippen LogP contribution >= 0.6 is 0 Å². The first kappa shape index (κ1) is 21.4. The summed E-state index contributed by atoms with van der Waals surface area (Å²) in [6.45, 7) is 2.25. The van der Waals surface area contributed by atoms with Crippen LogP contribution in [-0.4, -0.2) is 85.0 Å². The van der Waals surface area contributed by atoms with Gasteiger partial charge in [-0.25, -0.2) is 4.79 Å². The van der Waals surface area contributed by atoms with Crippen LogP contribution in [0.25, 0.3) is 0 Å². The Morgan fingerprint density at radius 1 is 1.05 bits per heavy atom. The Hall–Kier alpha value is -1.85. The van der Waals surface area contributed by atoms with Crippen molar-refractivity contribution in [1.29, 1.82) is 0 Å². The van der Waals surface area contributed by atoms with E-state index in [1.54, 1.807) is 0 Å². The summed E-state index contributed by atoms with van der Waals surface area (Å²) in [5.41, 5.74) is -0.303. The standard InChI is InChI=1S/C6H12O6.C5H6O4/c7-1-3(9)5(11)6(12)4(10)2-8;1-3(5(8)9)2-4(6)7/h1,3-6,8-12H,2H2;1-2H2,(H,6,7)(H,8,9). The van der Waals surface area contributed by atoms with Gasteiger partial charge in [-0.3, -0.25) is 4.79 Å². The molecule has 0 aromatic carbocycles. The molecule has 122 valence electrons. The Bertz CT molecular complexity index is 366. The monoisotopic (exact) mass is 310 g/mol. The zero-order chi connectivity index (χ0) is 17.2. The highest BCUT2D eigenvalue weighted by Gasteiger charge is 2.29. The summed E-state index contributed by atoms with van der Waals surface area (Å²) in [6, 6.07) is 0. The molecule has 0 saturated heterocycles. The molecular weight excluding hydrogens is 292 g/mol. The highest BCUT2D eigenvalue weighted by molar-refractivity contribution is 5.91. The minimum atomic E-state index is -1.79. The topological polar surface area (TPSA) is 193 Å². The molecule has 0 radical (unpaired) electrons. The van der Waals surface area contributed by atoms with E-state index in [2.05, 4.69) is 6.58 Å². The van der Waals surface area contributed by atoms with Gasteiger partial charge in [-0.05, 0) is 0 Å². The van der Waals surface area contributed by atoms with Gasteiger partial charge >= 0.3 is 11.9 Å². The smallest absolute Gasteiger partial charge is 0.331 e. The molecule has 0 aliphatic heterocycles. The molecule has 4 unspecified atom stereocenters. The molecular formula is C11H18O10. The fraction of sp³-hybridized carbons (Fsp3) is 0.545. The van der Waals surface area contributed by atoms with Crippen molar-refractivity contribution < 1.29 is 50.1 Å². The lowest BCUT2D eigenvalue weighted by Crippen LogP contribution is -2.46. The molecule has 0 spiro atoms. The van der Waals surface area contributed by atoms with Crippen molar-refractivity contribution in [3.63, 3.8) is 0 Å². The van der Waals surface area contributed by atoms with Gasteiger partial charge in [0.25, 0.3) is 0 Å². The Labute approximate surface area is 119 Å². The maximum Gasteiger partial charge on any atom is 0.331 e. The Balaban J connectivity index is 0. The van der Waals surface area contributed by atoms with E-state index < -0.39 is 49.4 Å². The summed E-state index contributed by atoms with van der Waals surface area (Å²) in [5.74, 6) is -2.44. The molecule has 0 aliphatic carbocycles. The van der Waals surface area contributed by atoms with Crippen molar-refractivity contribution in [2.75, 3.05) is 6.61 Å². The van der Waals surface area contributed by atoms with E-state index in [4.69, 9.17) is 35.7 Å². The summed E-state index contributed by atoms with van der Waals surface area (Å²) in [6.07, 6.45) is -7.34. The molecule has 0 heterocycles. The average Bonchev–Trinajstić information content (AvgIpc) is 2.43. The summed E-state index contributed by atoms with van der Waals surface area (Å²) in [7, 11) is 0. The molecule has 21 heavy (non-hydrogen) atoms.